The lowest BCUT2D eigenvalue weighted by Gasteiger charge is -2.33. The zero-order chi connectivity index (χ0) is 24.6. The molecule has 2 aromatic heterocycles. The molecule has 180 valence electrons. The van der Waals surface area contributed by atoms with Crippen LogP contribution in [0.5, 0.6) is 0 Å². The maximum absolute atomic E-state index is 12.4. The number of thioether (sulfide) groups is 1. The van der Waals surface area contributed by atoms with Gasteiger partial charge in [-0.25, -0.2) is 9.97 Å². The van der Waals surface area contributed by atoms with Crippen molar-refractivity contribution in [2.75, 3.05) is 43.3 Å². The van der Waals surface area contributed by atoms with Gasteiger partial charge in [-0.05, 0) is 79.9 Å². The van der Waals surface area contributed by atoms with Gasteiger partial charge in [-0.1, -0.05) is 6.07 Å². The second-order valence-electron chi connectivity index (χ2n) is 9.42. The van der Waals surface area contributed by atoms with Crippen molar-refractivity contribution in [3.63, 3.8) is 0 Å². The Kier molecular flexibility index (Phi) is 6.54. The fourth-order valence-corrected chi connectivity index (χ4v) is 6.84. The van der Waals surface area contributed by atoms with E-state index >= 15 is 0 Å². The van der Waals surface area contributed by atoms with Gasteiger partial charge in [0, 0.05) is 24.0 Å². The van der Waals surface area contributed by atoms with Crippen LogP contribution in [0, 0.1) is 11.3 Å². The van der Waals surface area contributed by atoms with E-state index in [1.807, 2.05) is 0 Å². The Balaban J connectivity index is 1.45. The number of pyridine rings is 1. The van der Waals surface area contributed by atoms with E-state index < -0.39 is 7.14 Å². The number of aryl methyl sites for hydroxylation is 1. The lowest BCUT2D eigenvalue weighted by molar-refractivity contribution is 0.309. The van der Waals surface area contributed by atoms with Gasteiger partial charge in [-0.3, -0.25) is 0 Å². The third-order valence-corrected chi connectivity index (χ3v) is 8.86. The molecule has 8 nitrogen and oxygen atoms in total. The Bertz CT molecular complexity index is 1370. The molecule has 5 rings (SSSR count). The Morgan fingerprint density at radius 1 is 1.20 bits per heavy atom. The number of hydrogen-bond donors (Lipinski definition) is 2. The van der Waals surface area contributed by atoms with Crippen molar-refractivity contribution in [1.29, 1.82) is 5.26 Å². The van der Waals surface area contributed by atoms with Gasteiger partial charge in [-0.2, -0.15) is 22.0 Å². The van der Waals surface area contributed by atoms with Crippen LogP contribution in [0.4, 0.5) is 23.3 Å². The fourth-order valence-electron chi connectivity index (χ4n) is 4.62. The molecule has 10 heteroatoms. The van der Waals surface area contributed by atoms with Crippen molar-refractivity contribution >= 4 is 47.6 Å². The van der Waals surface area contributed by atoms with Crippen LogP contribution in [-0.4, -0.2) is 52.5 Å². The summed E-state index contributed by atoms with van der Waals surface area (Å²) in [5.74, 6) is 2.41. The average molecular weight is 506 g/mol. The number of aromatic nitrogens is 3. The maximum Gasteiger partial charge on any atom is 0.229 e. The van der Waals surface area contributed by atoms with Crippen LogP contribution in [0.25, 0.3) is 0 Å². The fraction of sp³-hybridized carbons (Fsp3) is 0.360. The number of likely N-dealkylation sites (N-methyl/N-ethyl adjacent to an activating group) is 1. The molecule has 0 amide bonds. The molecular weight excluding hydrogens is 477 g/mol. The van der Waals surface area contributed by atoms with Crippen LogP contribution in [-0.2, 0) is 17.5 Å². The SMILES string of the molecule is CN1Cc2cc(Nc3ncc(C#N)c(Nc4cccc(P(C)(C)=O)n4)n3)cc3c2C(C1)SCCC3. The smallest absolute Gasteiger partial charge is 0.229 e. The quantitative estimate of drug-likeness (QED) is 0.479. The first-order chi connectivity index (χ1) is 16.8. The average Bonchev–Trinajstić information content (AvgIpc) is 3.01. The minimum Gasteiger partial charge on any atom is -0.324 e. The molecule has 0 radical (unpaired) electrons. The van der Waals surface area contributed by atoms with Crippen molar-refractivity contribution in [3.8, 4) is 6.07 Å². The lowest BCUT2D eigenvalue weighted by Crippen LogP contribution is -2.29. The Hall–Kier alpha value is -2.92. The number of nitrogens with one attached hydrogen (secondary N) is 2. The molecule has 0 aliphatic carbocycles. The van der Waals surface area contributed by atoms with Crippen LogP contribution in [0.1, 0.15) is 33.9 Å². The van der Waals surface area contributed by atoms with Gasteiger partial charge in [0.05, 0.1) is 6.20 Å². The maximum atomic E-state index is 12.4. The molecule has 2 aliphatic rings. The third-order valence-electron chi connectivity index (χ3n) is 6.20. The molecule has 1 atom stereocenters. The molecule has 3 aromatic rings. The number of benzene rings is 1. The van der Waals surface area contributed by atoms with Gasteiger partial charge < -0.3 is 20.1 Å². The summed E-state index contributed by atoms with van der Waals surface area (Å²) in [7, 11) is -0.340. The van der Waals surface area contributed by atoms with Crippen molar-refractivity contribution in [2.45, 2.75) is 24.6 Å². The molecule has 1 aromatic carbocycles. The van der Waals surface area contributed by atoms with E-state index in [1.54, 1.807) is 31.5 Å². The van der Waals surface area contributed by atoms with Crippen molar-refractivity contribution in [2.24, 2.45) is 0 Å². The highest BCUT2D eigenvalue weighted by Crippen LogP contribution is 2.42. The van der Waals surface area contributed by atoms with Crippen LogP contribution in [0.3, 0.4) is 0 Å². The van der Waals surface area contributed by atoms with Crippen LogP contribution in [0.2, 0.25) is 0 Å². The predicted molar refractivity (Wildman–Crippen MR) is 143 cm³/mol. The zero-order valence-corrected chi connectivity index (χ0v) is 21.8. The molecule has 2 aliphatic heterocycles. The summed E-state index contributed by atoms with van der Waals surface area (Å²) >= 11 is 2.07. The molecule has 0 saturated heterocycles. The first-order valence-electron chi connectivity index (χ1n) is 11.6. The lowest BCUT2D eigenvalue weighted by atomic mass is 9.91. The van der Waals surface area contributed by atoms with Gasteiger partial charge in [0.2, 0.25) is 5.95 Å². The minimum absolute atomic E-state index is 0.303. The van der Waals surface area contributed by atoms with Crippen molar-refractivity contribution in [3.05, 3.63) is 58.8 Å². The monoisotopic (exact) mass is 505 g/mol. The molecule has 0 fully saturated rings. The summed E-state index contributed by atoms with van der Waals surface area (Å²) in [6.45, 7) is 5.38. The second kappa shape index (κ2) is 9.62. The Morgan fingerprint density at radius 2 is 2.03 bits per heavy atom. The highest BCUT2D eigenvalue weighted by Gasteiger charge is 2.28. The van der Waals surface area contributed by atoms with Gasteiger partial charge in [0.15, 0.2) is 5.82 Å². The van der Waals surface area contributed by atoms with Crippen molar-refractivity contribution in [1.82, 2.24) is 19.9 Å². The summed E-state index contributed by atoms with van der Waals surface area (Å²) in [6.07, 6.45) is 3.75. The minimum atomic E-state index is -2.52. The summed E-state index contributed by atoms with van der Waals surface area (Å²) in [5.41, 5.74) is 6.05. The van der Waals surface area contributed by atoms with E-state index in [0.717, 1.165) is 25.2 Å². The summed E-state index contributed by atoms with van der Waals surface area (Å²) in [4.78, 5) is 15.8. The van der Waals surface area contributed by atoms with Gasteiger partial charge in [-0.15, -0.1) is 0 Å². The predicted octanol–water partition coefficient (Wildman–Crippen LogP) is 4.64. The summed E-state index contributed by atoms with van der Waals surface area (Å²) in [5, 5.41) is 16.6. The number of rotatable bonds is 5. The number of nitriles is 1. The van der Waals surface area contributed by atoms with Crippen molar-refractivity contribution < 1.29 is 4.57 Å². The van der Waals surface area contributed by atoms with Gasteiger partial charge in [0.25, 0.3) is 0 Å². The van der Waals surface area contributed by atoms with E-state index in [1.165, 1.54) is 35.1 Å². The normalized spacial score (nSPS) is 17.7. The van der Waals surface area contributed by atoms with Crippen LogP contribution >= 0.6 is 18.9 Å². The number of nitrogens with zero attached hydrogens (tertiary/aromatic N) is 5. The Labute approximate surface area is 210 Å². The highest BCUT2D eigenvalue weighted by molar-refractivity contribution is 7.99. The standard InChI is InChI=1S/C25H28N7OPS/c1-32-14-17-11-19(10-16-6-5-9-35-20(15-32)23(16)17)28-25-27-13-18(12-26)24(31-25)30-21-7-4-8-22(29-21)34(2,3)33/h4,7-8,10-11,13,20H,5-6,9,14-15H2,1-3H3,(H2,27,28,29,30,31). The van der Waals surface area contributed by atoms with E-state index in [0.29, 0.717) is 33.8 Å². The molecular formula is C25H28N7OPS. The van der Waals surface area contributed by atoms with Gasteiger partial charge >= 0.3 is 0 Å². The van der Waals surface area contributed by atoms with E-state index in [-0.39, 0.29) is 0 Å². The van der Waals surface area contributed by atoms with E-state index in [2.05, 4.69) is 67.5 Å². The Morgan fingerprint density at radius 3 is 2.83 bits per heavy atom. The van der Waals surface area contributed by atoms with E-state index in [4.69, 9.17) is 0 Å². The molecule has 0 spiro atoms. The molecule has 35 heavy (non-hydrogen) atoms. The second-order valence-corrected chi connectivity index (χ2v) is 13.9. The highest BCUT2D eigenvalue weighted by atomic mass is 32.2. The largest absolute Gasteiger partial charge is 0.324 e. The summed E-state index contributed by atoms with van der Waals surface area (Å²) < 4.78 is 12.4. The number of hydrogen-bond acceptors (Lipinski definition) is 9. The van der Waals surface area contributed by atoms with Gasteiger partial charge in [0.1, 0.15) is 30.0 Å². The topological polar surface area (TPSA) is 107 Å². The first kappa shape index (κ1) is 23.8. The number of anilines is 4. The zero-order valence-electron chi connectivity index (χ0n) is 20.1. The first-order valence-corrected chi connectivity index (χ1v) is 15.2. The molecule has 2 N–H and O–H groups in total. The third kappa shape index (κ3) is 5.20. The molecule has 0 bridgehead atoms. The molecule has 4 heterocycles. The van der Waals surface area contributed by atoms with E-state index in [9.17, 15) is 9.83 Å². The molecule has 0 saturated carbocycles. The molecule has 1 unspecified atom stereocenters. The summed E-state index contributed by atoms with van der Waals surface area (Å²) in [6, 6.07) is 11.9. The van der Waals surface area contributed by atoms with Crippen LogP contribution in [0.15, 0.2) is 36.5 Å². The van der Waals surface area contributed by atoms with Crippen LogP contribution < -0.4 is 16.1 Å².